The molecular formula is C31H33N5O2. The van der Waals surface area contributed by atoms with E-state index in [0.29, 0.717) is 12.8 Å². The Balaban J connectivity index is 1.20. The lowest BCUT2D eigenvalue weighted by Crippen LogP contribution is -2.30. The Morgan fingerprint density at radius 1 is 1.08 bits per heavy atom. The highest BCUT2D eigenvalue weighted by Gasteiger charge is 2.19. The van der Waals surface area contributed by atoms with Crippen LogP contribution in [0.25, 0.3) is 27.8 Å². The molecule has 2 aromatic carbocycles. The van der Waals surface area contributed by atoms with E-state index in [9.17, 15) is 0 Å². The van der Waals surface area contributed by atoms with Crippen LogP contribution in [-0.4, -0.2) is 47.0 Å². The van der Waals surface area contributed by atoms with E-state index in [-0.39, 0.29) is 6.04 Å². The average molecular weight is 508 g/mol. The normalized spacial score (nSPS) is 18.1. The summed E-state index contributed by atoms with van der Waals surface area (Å²) < 4.78 is 11.4. The van der Waals surface area contributed by atoms with E-state index >= 15 is 0 Å². The van der Waals surface area contributed by atoms with Crippen LogP contribution in [-0.2, 0) is 4.74 Å². The molecule has 0 radical (unpaired) electrons. The third-order valence-corrected chi connectivity index (χ3v) is 7.26. The van der Waals surface area contributed by atoms with Crippen LogP contribution in [0.4, 0.5) is 5.82 Å². The van der Waals surface area contributed by atoms with Gasteiger partial charge in [-0.25, -0.2) is 9.97 Å². The quantitative estimate of drug-likeness (QED) is 0.306. The van der Waals surface area contributed by atoms with Gasteiger partial charge >= 0.3 is 0 Å². The predicted octanol–water partition coefficient (Wildman–Crippen LogP) is 6.54. The van der Waals surface area contributed by atoms with Crippen molar-refractivity contribution in [2.24, 2.45) is 4.99 Å². The number of allylic oxidation sites excluding steroid dienone is 1. The van der Waals surface area contributed by atoms with Crippen molar-refractivity contribution in [2.75, 3.05) is 25.1 Å². The molecule has 0 amide bonds. The zero-order chi connectivity index (χ0) is 26.1. The lowest BCUT2D eigenvalue weighted by Gasteiger charge is -2.25. The maximum absolute atomic E-state index is 5.82. The number of hydrogen-bond donors (Lipinski definition) is 1. The first-order valence-electron chi connectivity index (χ1n) is 13.3. The van der Waals surface area contributed by atoms with Gasteiger partial charge in [0, 0.05) is 54.2 Å². The minimum atomic E-state index is 0.0554. The van der Waals surface area contributed by atoms with Crippen LogP contribution >= 0.6 is 0 Å². The van der Waals surface area contributed by atoms with Gasteiger partial charge < -0.3 is 19.4 Å². The Bertz CT molecular complexity index is 1520. The first-order chi connectivity index (χ1) is 18.5. The zero-order valence-electron chi connectivity index (χ0n) is 22.1. The molecule has 0 bridgehead atoms. The highest BCUT2D eigenvalue weighted by atomic mass is 16.5. The molecule has 1 saturated heterocycles. The Hall–Kier alpha value is -3.97. The van der Waals surface area contributed by atoms with Crippen LogP contribution in [0.2, 0.25) is 0 Å². The van der Waals surface area contributed by atoms with E-state index in [0.717, 1.165) is 76.6 Å². The fourth-order valence-electron chi connectivity index (χ4n) is 5.22. The molecule has 1 fully saturated rings. The standard InChI is InChI=1S/C31H33N5O2/c1-20-18-38-30-10-9-25(13-28(20)30)29-14-31(35-22(3)34-29)33-21(2)23-6-4-7-24(12-23)26-15-32-19-36(16-26)17-27-8-5-11-37-27/h4,6-7,9-10,12-16,18,21,27H,5,8,11,17,19H2,1-3H3,(H,33,34,35)/t21-,27?/m0/s1. The van der Waals surface area contributed by atoms with Crippen molar-refractivity contribution in [1.82, 2.24) is 14.9 Å². The third-order valence-electron chi connectivity index (χ3n) is 7.26. The topological polar surface area (TPSA) is 75.8 Å². The molecule has 4 heterocycles. The lowest BCUT2D eigenvalue weighted by atomic mass is 10.0. The summed E-state index contributed by atoms with van der Waals surface area (Å²) in [5.74, 6) is 1.53. The molecule has 1 unspecified atom stereocenters. The summed E-state index contributed by atoms with van der Waals surface area (Å²) >= 11 is 0. The Morgan fingerprint density at radius 2 is 2.00 bits per heavy atom. The van der Waals surface area contributed by atoms with Crippen LogP contribution in [0.1, 0.15) is 48.3 Å². The largest absolute Gasteiger partial charge is 0.464 e. The summed E-state index contributed by atoms with van der Waals surface area (Å²) in [7, 11) is 0. The van der Waals surface area contributed by atoms with E-state index in [1.807, 2.05) is 31.3 Å². The molecule has 7 nitrogen and oxygen atoms in total. The predicted molar refractivity (Wildman–Crippen MR) is 152 cm³/mol. The fourth-order valence-corrected chi connectivity index (χ4v) is 5.22. The van der Waals surface area contributed by atoms with Gasteiger partial charge in [0.05, 0.1) is 18.1 Å². The number of aliphatic imine (C=N–C) groups is 1. The first kappa shape index (κ1) is 24.4. The second-order valence-corrected chi connectivity index (χ2v) is 10.3. The SMILES string of the molecule is Cc1nc(N[C@@H](C)c2cccc(C3=CN(CC4CCCO4)CN=C3)c2)cc(-c2ccc3occ(C)c3c2)n1. The minimum absolute atomic E-state index is 0.0554. The highest BCUT2D eigenvalue weighted by molar-refractivity contribution is 6.10. The monoisotopic (exact) mass is 507 g/mol. The second-order valence-electron chi connectivity index (χ2n) is 10.3. The van der Waals surface area contributed by atoms with Gasteiger partial charge in [-0.3, -0.25) is 4.99 Å². The molecule has 0 saturated carbocycles. The molecule has 38 heavy (non-hydrogen) atoms. The minimum Gasteiger partial charge on any atom is -0.464 e. The number of hydrogen-bond acceptors (Lipinski definition) is 7. The van der Waals surface area contributed by atoms with Gasteiger partial charge in [0.25, 0.3) is 0 Å². The van der Waals surface area contributed by atoms with Crippen molar-refractivity contribution in [3.05, 3.63) is 83.5 Å². The molecule has 0 spiro atoms. The van der Waals surface area contributed by atoms with Crippen LogP contribution in [0.15, 0.2) is 70.4 Å². The smallest absolute Gasteiger partial charge is 0.134 e. The number of aryl methyl sites for hydroxylation is 2. The van der Waals surface area contributed by atoms with Gasteiger partial charge in [0.2, 0.25) is 0 Å². The van der Waals surface area contributed by atoms with Gasteiger partial charge in [0.1, 0.15) is 23.9 Å². The van der Waals surface area contributed by atoms with Crippen LogP contribution in [0.5, 0.6) is 0 Å². The molecule has 1 N–H and O–H groups in total. The van der Waals surface area contributed by atoms with Crippen molar-refractivity contribution in [2.45, 2.75) is 45.8 Å². The van der Waals surface area contributed by atoms with Gasteiger partial charge in [0.15, 0.2) is 0 Å². The van der Waals surface area contributed by atoms with Crippen molar-refractivity contribution < 1.29 is 9.15 Å². The molecule has 0 aliphatic carbocycles. The van der Waals surface area contributed by atoms with Gasteiger partial charge in [-0.1, -0.05) is 18.2 Å². The maximum atomic E-state index is 5.82. The summed E-state index contributed by atoms with van der Waals surface area (Å²) in [6, 6.07) is 16.9. The number of nitrogens with one attached hydrogen (secondary N) is 1. The van der Waals surface area contributed by atoms with Crippen molar-refractivity contribution in [3.8, 4) is 11.3 Å². The third kappa shape index (κ3) is 5.20. The number of aromatic nitrogens is 2. The maximum Gasteiger partial charge on any atom is 0.134 e. The van der Waals surface area contributed by atoms with E-state index < -0.39 is 0 Å². The van der Waals surface area contributed by atoms with Crippen molar-refractivity contribution in [3.63, 3.8) is 0 Å². The number of benzene rings is 2. The number of furan rings is 1. The number of anilines is 1. The molecular weight excluding hydrogens is 474 g/mol. The molecule has 2 atom stereocenters. The molecule has 7 heteroatoms. The Kier molecular flexibility index (Phi) is 6.68. The number of rotatable bonds is 7. The lowest BCUT2D eigenvalue weighted by molar-refractivity contribution is 0.0873. The molecule has 4 aromatic rings. The second kappa shape index (κ2) is 10.4. The van der Waals surface area contributed by atoms with Crippen LogP contribution < -0.4 is 5.32 Å². The summed E-state index contributed by atoms with van der Waals surface area (Å²) in [6.07, 6.45) is 8.57. The summed E-state index contributed by atoms with van der Waals surface area (Å²) in [5.41, 5.74) is 7.39. The average Bonchev–Trinajstić information content (AvgIpc) is 3.58. The summed E-state index contributed by atoms with van der Waals surface area (Å²) in [4.78, 5) is 16.2. The van der Waals surface area contributed by atoms with Crippen LogP contribution in [0.3, 0.4) is 0 Å². The van der Waals surface area contributed by atoms with Crippen LogP contribution in [0, 0.1) is 13.8 Å². The molecule has 6 rings (SSSR count). The highest BCUT2D eigenvalue weighted by Crippen LogP contribution is 2.29. The van der Waals surface area contributed by atoms with Gasteiger partial charge in [-0.15, -0.1) is 0 Å². The fraction of sp³-hybridized carbons (Fsp3) is 0.323. The van der Waals surface area contributed by atoms with Crippen molar-refractivity contribution >= 4 is 28.6 Å². The van der Waals surface area contributed by atoms with Crippen molar-refractivity contribution in [1.29, 1.82) is 0 Å². The first-order valence-corrected chi connectivity index (χ1v) is 13.3. The summed E-state index contributed by atoms with van der Waals surface area (Å²) in [6.45, 7) is 8.59. The Morgan fingerprint density at radius 3 is 2.87 bits per heavy atom. The van der Waals surface area contributed by atoms with E-state index in [4.69, 9.17) is 14.1 Å². The molecule has 194 valence electrons. The number of fused-ring (bicyclic) bond motifs is 1. The number of nitrogens with zero attached hydrogens (tertiary/aromatic N) is 4. The van der Waals surface area contributed by atoms with E-state index in [2.05, 4.69) is 70.6 Å². The Labute approximate surface area is 223 Å². The van der Waals surface area contributed by atoms with Gasteiger partial charge in [-0.2, -0.15) is 0 Å². The van der Waals surface area contributed by atoms with Gasteiger partial charge in [-0.05, 0) is 74.6 Å². The zero-order valence-corrected chi connectivity index (χ0v) is 22.1. The molecule has 2 aliphatic heterocycles. The van der Waals surface area contributed by atoms with E-state index in [1.165, 1.54) is 5.56 Å². The van der Waals surface area contributed by atoms with E-state index in [1.54, 1.807) is 6.26 Å². The summed E-state index contributed by atoms with van der Waals surface area (Å²) in [5, 5.41) is 4.70. The number of ether oxygens (including phenoxy) is 1. The molecule has 2 aromatic heterocycles. The molecule has 2 aliphatic rings.